The first-order valence-electron chi connectivity index (χ1n) is 3.11. The Morgan fingerprint density at radius 1 is 1.50 bits per heavy atom. The monoisotopic (exact) mass is 117 g/mol. The molecular weight excluding hydrogens is 105 g/mol. The van der Waals surface area contributed by atoms with E-state index < -0.39 is 0 Å². The Labute approximate surface area is 49.4 Å². The Balaban J connectivity index is 2.15. The zero-order chi connectivity index (χ0) is 6.15. The highest BCUT2D eigenvalue weighted by molar-refractivity contribution is 4.75. The summed E-state index contributed by atoms with van der Waals surface area (Å²) in [4.78, 5) is 0. The van der Waals surface area contributed by atoms with E-state index in [9.17, 15) is 4.48 Å². The van der Waals surface area contributed by atoms with E-state index >= 15 is 0 Å². The highest BCUT2D eigenvalue weighted by Crippen LogP contribution is 2.22. The molecule has 0 saturated carbocycles. The highest BCUT2D eigenvalue weighted by Gasteiger charge is 2.28. The third kappa shape index (κ3) is 0.996. The normalized spacial score (nSPS) is 24.0. The first-order chi connectivity index (χ1) is 3.70. The maximum absolute atomic E-state index is 12.0. The molecule has 0 aliphatic carbocycles. The third-order valence-corrected chi connectivity index (χ3v) is 1.81. The van der Waals surface area contributed by atoms with Gasteiger partial charge >= 0.3 is 0 Å². The van der Waals surface area contributed by atoms with Crippen LogP contribution in [-0.4, -0.2) is 18.2 Å². The van der Waals surface area contributed by atoms with Crippen LogP contribution in [0.4, 0.5) is 4.48 Å². The van der Waals surface area contributed by atoms with Crippen molar-refractivity contribution in [3.05, 3.63) is 0 Å². The van der Waals surface area contributed by atoms with Gasteiger partial charge in [0.25, 0.3) is 0 Å². The van der Waals surface area contributed by atoms with Crippen molar-refractivity contribution in [2.75, 3.05) is 13.1 Å². The number of halogens is 1. The number of hydrogen-bond acceptors (Lipinski definition) is 1. The molecule has 0 aromatic heterocycles. The third-order valence-electron chi connectivity index (χ3n) is 1.81. The number of rotatable bonds is 1. The van der Waals surface area contributed by atoms with E-state index in [-0.39, 0.29) is 0 Å². The average Bonchev–Trinajstić information content (AvgIpc) is 1.57. The van der Waals surface area contributed by atoms with Crippen molar-refractivity contribution in [3.63, 3.8) is 0 Å². The van der Waals surface area contributed by atoms with Crippen LogP contribution >= 0.6 is 0 Å². The van der Waals surface area contributed by atoms with Gasteiger partial charge in [0.05, 0.1) is 0 Å². The molecule has 0 bridgehead atoms. The van der Waals surface area contributed by atoms with E-state index in [0.29, 0.717) is 24.9 Å². The molecule has 1 rings (SSSR count). The molecule has 48 valence electrons. The maximum Gasteiger partial charge on any atom is 0.0334 e. The lowest BCUT2D eigenvalue weighted by Crippen LogP contribution is -2.43. The molecule has 0 unspecified atom stereocenters. The molecule has 8 heavy (non-hydrogen) atoms. The molecule has 0 N–H and O–H groups in total. The molecule has 0 radical (unpaired) electrons. The predicted molar refractivity (Wildman–Crippen MR) is 31.0 cm³/mol. The number of hydrogen-bond donors (Lipinski definition) is 0. The van der Waals surface area contributed by atoms with Gasteiger partial charge in [-0.15, -0.1) is 9.60 Å². The molecular formula is C6H12FN. The van der Waals surface area contributed by atoms with Crippen LogP contribution in [0.25, 0.3) is 0 Å². The summed E-state index contributed by atoms with van der Waals surface area (Å²) in [5.41, 5.74) is 0. The molecule has 0 aromatic rings. The van der Waals surface area contributed by atoms with Gasteiger partial charge in [0.15, 0.2) is 0 Å². The van der Waals surface area contributed by atoms with Gasteiger partial charge in [-0.25, -0.2) is 0 Å². The molecule has 1 fully saturated rings. The Morgan fingerprint density at radius 3 is 2.12 bits per heavy atom. The van der Waals surface area contributed by atoms with Gasteiger partial charge in [0.2, 0.25) is 0 Å². The fourth-order valence-electron chi connectivity index (χ4n) is 0.877. The largest absolute Gasteiger partial charge is 0.146 e. The second kappa shape index (κ2) is 2.02. The molecule has 0 aromatic carbocycles. The van der Waals surface area contributed by atoms with E-state index in [1.54, 1.807) is 0 Å². The van der Waals surface area contributed by atoms with Crippen LogP contribution in [0.3, 0.4) is 0 Å². The fraction of sp³-hybridized carbons (Fsp3) is 1.00. The predicted octanol–water partition coefficient (Wildman–Crippen LogP) is 1.46. The van der Waals surface area contributed by atoms with Crippen molar-refractivity contribution in [1.82, 2.24) is 5.12 Å². The van der Waals surface area contributed by atoms with Crippen molar-refractivity contribution >= 4 is 0 Å². The Hall–Kier alpha value is -0.110. The molecule has 1 heterocycles. The average molecular weight is 117 g/mol. The van der Waals surface area contributed by atoms with Crippen molar-refractivity contribution in [3.8, 4) is 0 Å². The topological polar surface area (TPSA) is 3.24 Å². The quantitative estimate of drug-likeness (QED) is 0.470. The smallest absolute Gasteiger partial charge is 0.0334 e. The summed E-state index contributed by atoms with van der Waals surface area (Å²) < 4.78 is 12.0. The van der Waals surface area contributed by atoms with Gasteiger partial charge in [0.1, 0.15) is 0 Å². The van der Waals surface area contributed by atoms with E-state index in [1.165, 1.54) is 0 Å². The van der Waals surface area contributed by atoms with Crippen LogP contribution in [0.1, 0.15) is 13.8 Å². The van der Waals surface area contributed by atoms with Crippen LogP contribution in [0.5, 0.6) is 0 Å². The van der Waals surface area contributed by atoms with E-state index in [2.05, 4.69) is 13.8 Å². The molecule has 1 nitrogen and oxygen atoms in total. The van der Waals surface area contributed by atoms with Crippen molar-refractivity contribution < 1.29 is 4.48 Å². The summed E-state index contributed by atoms with van der Waals surface area (Å²) in [7, 11) is 0. The van der Waals surface area contributed by atoms with Crippen LogP contribution < -0.4 is 0 Å². The van der Waals surface area contributed by atoms with Crippen LogP contribution in [0.2, 0.25) is 0 Å². The second-order valence-corrected chi connectivity index (χ2v) is 2.83. The summed E-state index contributed by atoms with van der Waals surface area (Å²) in [5, 5.41) is 0.866. The summed E-state index contributed by atoms with van der Waals surface area (Å²) in [6, 6.07) is 0. The minimum absolute atomic E-state index is 0.611. The van der Waals surface area contributed by atoms with Crippen LogP contribution in [0.15, 0.2) is 0 Å². The summed E-state index contributed by atoms with van der Waals surface area (Å²) in [6.45, 7) is 5.57. The SMILES string of the molecule is CC(C)C1CN(F)C1. The minimum Gasteiger partial charge on any atom is -0.146 e. The summed E-state index contributed by atoms with van der Waals surface area (Å²) >= 11 is 0. The molecule has 1 aliphatic heterocycles. The van der Waals surface area contributed by atoms with Gasteiger partial charge < -0.3 is 0 Å². The number of nitrogens with zero attached hydrogens (tertiary/aromatic N) is 1. The highest BCUT2D eigenvalue weighted by atomic mass is 19.2. The van der Waals surface area contributed by atoms with Crippen molar-refractivity contribution in [2.24, 2.45) is 11.8 Å². The van der Waals surface area contributed by atoms with Gasteiger partial charge in [0, 0.05) is 13.1 Å². The Kier molecular flexibility index (Phi) is 1.52. The molecule has 0 atom stereocenters. The standard InChI is InChI=1S/C6H12FN/c1-5(2)6-3-8(7)4-6/h5-6H,3-4H2,1-2H3. The van der Waals surface area contributed by atoms with Gasteiger partial charge in [-0.2, -0.15) is 0 Å². The molecule has 2 heteroatoms. The zero-order valence-electron chi connectivity index (χ0n) is 5.39. The van der Waals surface area contributed by atoms with Crippen molar-refractivity contribution in [1.29, 1.82) is 0 Å². The van der Waals surface area contributed by atoms with Gasteiger partial charge in [-0.1, -0.05) is 13.8 Å². The first-order valence-corrected chi connectivity index (χ1v) is 3.11. The molecule has 0 amide bonds. The molecule has 1 aliphatic rings. The van der Waals surface area contributed by atoms with Gasteiger partial charge in [-0.3, -0.25) is 0 Å². The lowest BCUT2D eigenvalue weighted by Gasteiger charge is -2.34. The van der Waals surface area contributed by atoms with Gasteiger partial charge in [-0.05, 0) is 11.8 Å². The molecule has 1 saturated heterocycles. The second-order valence-electron chi connectivity index (χ2n) is 2.83. The summed E-state index contributed by atoms with van der Waals surface area (Å²) in [6.07, 6.45) is 0. The lowest BCUT2D eigenvalue weighted by atomic mass is 9.90. The zero-order valence-corrected chi connectivity index (χ0v) is 5.39. The van der Waals surface area contributed by atoms with Crippen LogP contribution in [-0.2, 0) is 0 Å². The molecule has 0 spiro atoms. The summed E-state index contributed by atoms with van der Waals surface area (Å²) in [5.74, 6) is 1.27. The maximum atomic E-state index is 12.0. The lowest BCUT2D eigenvalue weighted by molar-refractivity contribution is -0.0909. The Bertz CT molecular complexity index is 76.6. The Morgan fingerprint density at radius 2 is 2.00 bits per heavy atom. The van der Waals surface area contributed by atoms with E-state index in [4.69, 9.17) is 0 Å². The fourth-order valence-corrected chi connectivity index (χ4v) is 0.877. The van der Waals surface area contributed by atoms with Crippen LogP contribution in [0, 0.1) is 11.8 Å². The minimum atomic E-state index is 0.611. The first kappa shape index (κ1) is 6.02. The van der Waals surface area contributed by atoms with E-state index in [0.717, 1.165) is 5.12 Å². The van der Waals surface area contributed by atoms with E-state index in [1.807, 2.05) is 0 Å². The van der Waals surface area contributed by atoms with Crippen molar-refractivity contribution in [2.45, 2.75) is 13.8 Å².